The van der Waals surface area contributed by atoms with Crippen LogP contribution >= 0.6 is 0 Å². The van der Waals surface area contributed by atoms with E-state index in [1.807, 2.05) is 0 Å². The molecule has 94 valence electrons. The van der Waals surface area contributed by atoms with Gasteiger partial charge in [0.2, 0.25) is 0 Å². The monoisotopic (exact) mass is 228 g/mol. The minimum Gasteiger partial charge on any atom is -0.394 e. The van der Waals surface area contributed by atoms with Gasteiger partial charge in [-0.1, -0.05) is 0 Å². The molecule has 0 rings (SSSR count). The maximum atomic E-state index is 7.62. The van der Waals surface area contributed by atoms with E-state index >= 15 is 0 Å². The van der Waals surface area contributed by atoms with Gasteiger partial charge in [0, 0.05) is 28.4 Å². The fraction of sp³-hybridized carbons (Fsp3) is 1.00. The quantitative estimate of drug-likeness (QED) is 0.547. The summed E-state index contributed by atoms with van der Waals surface area (Å²) in [7, 11) is 5.82. The molecule has 0 unspecified atom stereocenters. The lowest BCUT2D eigenvalue weighted by molar-refractivity contribution is -0.378. The van der Waals surface area contributed by atoms with Gasteiger partial charge >= 0.3 is 0 Å². The number of methoxy groups -OCH3 is 4. The molecule has 0 fully saturated rings. The molecule has 0 aromatic carbocycles. The summed E-state index contributed by atoms with van der Waals surface area (Å²) >= 11 is 0. The highest BCUT2D eigenvalue weighted by Crippen LogP contribution is 2.01. The second-order valence-corrected chi connectivity index (χ2v) is 2.10. The van der Waals surface area contributed by atoms with Crippen LogP contribution in [0.1, 0.15) is 0 Å². The Morgan fingerprint density at radius 3 is 1.13 bits per heavy atom. The molecule has 0 aliphatic rings. The third-order valence-electron chi connectivity index (χ3n) is 1.09. The largest absolute Gasteiger partial charge is 0.394 e. The summed E-state index contributed by atoms with van der Waals surface area (Å²) in [5.74, 6) is 0. The van der Waals surface area contributed by atoms with E-state index in [0.717, 1.165) is 0 Å². The van der Waals surface area contributed by atoms with Crippen molar-refractivity contribution in [2.75, 3.05) is 41.7 Å². The molecule has 0 aliphatic carbocycles. The number of aliphatic hydroxyl groups excluding tert-OH is 2. The maximum Gasteiger partial charge on any atom is 0.275 e. The zero-order valence-electron chi connectivity index (χ0n) is 9.50. The summed E-state index contributed by atoms with van der Waals surface area (Å²) in [4.78, 5) is 0. The minimum atomic E-state index is -0.764. The van der Waals surface area contributed by atoms with Gasteiger partial charge in [-0.25, -0.2) is 0 Å². The van der Waals surface area contributed by atoms with Gasteiger partial charge < -0.3 is 29.2 Å². The van der Waals surface area contributed by atoms with Crippen LogP contribution < -0.4 is 0 Å². The molecule has 0 atom stereocenters. The lowest BCUT2D eigenvalue weighted by atomic mass is 10.8. The van der Waals surface area contributed by atoms with Crippen LogP contribution in [-0.4, -0.2) is 64.8 Å². The van der Waals surface area contributed by atoms with Gasteiger partial charge in [0.25, 0.3) is 13.0 Å². The van der Waals surface area contributed by atoms with E-state index in [1.165, 1.54) is 28.4 Å². The summed E-state index contributed by atoms with van der Waals surface area (Å²) in [5, 5.41) is 15.2. The Bertz CT molecular complexity index is 91.2. The van der Waals surface area contributed by atoms with Crippen molar-refractivity contribution in [3.8, 4) is 0 Å². The van der Waals surface area contributed by atoms with Gasteiger partial charge in [-0.3, -0.25) is 4.74 Å². The third-order valence-corrected chi connectivity index (χ3v) is 1.09. The Labute approximate surface area is 89.5 Å². The summed E-state index contributed by atoms with van der Waals surface area (Å²) in [5.41, 5.74) is 0. The zero-order valence-corrected chi connectivity index (χ0v) is 9.50. The fourth-order valence-electron chi connectivity index (χ4n) is 0.505. The van der Waals surface area contributed by atoms with Crippen LogP contribution in [-0.2, 0) is 23.7 Å². The van der Waals surface area contributed by atoms with Crippen LogP contribution in [0.4, 0.5) is 0 Å². The van der Waals surface area contributed by atoms with Crippen LogP contribution in [0.2, 0.25) is 0 Å². The number of hydrogen-bond donors (Lipinski definition) is 2. The van der Waals surface area contributed by atoms with Crippen molar-refractivity contribution in [1.29, 1.82) is 0 Å². The van der Waals surface area contributed by atoms with E-state index in [0.29, 0.717) is 0 Å². The van der Waals surface area contributed by atoms with E-state index in [4.69, 9.17) is 33.9 Å². The zero-order chi connectivity index (χ0) is 12.1. The third kappa shape index (κ3) is 11.6. The standard InChI is InChI=1S/C6H14O5.C2H6O2/c1-7-5(8-2)11-6(9-3)10-4;3-1-2-4/h5-6H,1-4H3;3-4H,1-2H2. The predicted octanol–water partition coefficient (Wildman–Crippen LogP) is -0.873. The number of rotatable bonds is 7. The minimum absolute atomic E-state index is 0.125. The number of aliphatic hydroxyl groups is 2. The topological polar surface area (TPSA) is 86.6 Å². The molecule has 0 radical (unpaired) electrons. The van der Waals surface area contributed by atoms with Crippen molar-refractivity contribution >= 4 is 0 Å². The Balaban J connectivity index is 0. The molecule has 15 heavy (non-hydrogen) atoms. The highest BCUT2D eigenvalue weighted by Gasteiger charge is 2.13. The summed E-state index contributed by atoms with van der Waals surface area (Å²) < 4.78 is 23.9. The Hall–Kier alpha value is -0.280. The maximum absolute atomic E-state index is 7.62. The fourth-order valence-corrected chi connectivity index (χ4v) is 0.505. The summed E-state index contributed by atoms with van der Waals surface area (Å²) in [6, 6.07) is 0. The van der Waals surface area contributed by atoms with Crippen LogP contribution in [0.15, 0.2) is 0 Å². The second-order valence-electron chi connectivity index (χ2n) is 2.10. The number of ether oxygens (including phenoxy) is 5. The molecule has 0 saturated heterocycles. The Kier molecular flexibility index (Phi) is 15.7. The van der Waals surface area contributed by atoms with Crippen molar-refractivity contribution in [2.24, 2.45) is 0 Å². The molecule has 0 saturated carbocycles. The molecule has 2 N–H and O–H groups in total. The lowest BCUT2D eigenvalue weighted by Gasteiger charge is -2.19. The average Bonchev–Trinajstić information content (AvgIpc) is 2.31. The summed E-state index contributed by atoms with van der Waals surface area (Å²) in [6.07, 6.45) is 0. The van der Waals surface area contributed by atoms with Gasteiger partial charge in [-0.05, 0) is 0 Å². The van der Waals surface area contributed by atoms with E-state index in [9.17, 15) is 0 Å². The molecular formula is C8H20O7. The molecule has 0 spiro atoms. The second kappa shape index (κ2) is 13.7. The first-order valence-electron chi connectivity index (χ1n) is 4.18. The Morgan fingerprint density at radius 1 is 0.733 bits per heavy atom. The molecule has 7 heteroatoms. The van der Waals surface area contributed by atoms with Gasteiger partial charge in [-0.2, -0.15) is 0 Å². The van der Waals surface area contributed by atoms with Crippen LogP contribution in [0, 0.1) is 0 Å². The normalized spacial score (nSPS) is 10.4. The first kappa shape index (κ1) is 17.1. The van der Waals surface area contributed by atoms with Crippen molar-refractivity contribution in [3.63, 3.8) is 0 Å². The molecule has 0 aromatic heterocycles. The lowest BCUT2D eigenvalue weighted by Crippen LogP contribution is -2.27. The molecule has 0 aliphatic heterocycles. The summed E-state index contributed by atoms with van der Waals surface area (Å²) in [6.45, 7) is -1.78. The van der Waals surface area contributed by atoms with Crippen molar-refractivity contribution in [2.45, 2.75) is 13.0 Å². The SMILES string of the molecule is COC(OC)OC(OC)OC.OCCO. The Morgan fingerprint density at radius 2 is 1.00 bits per heavy atom. The molecule has 0 bridgehead atoms. The van der Waals surface area contributed by atoms with Crippen LogP contribution in [0.5, 0.6) is 0 Å². The first-order chi connectivity index (χ1) is 7.19. The van der Waals surface area contributed by atoms with Gasteiger partial charge in [0.05, 0.1) is 13.2 Å². The average molecular weight is 228 g/mol. The molecule has 0 amide bonds. The predicted molar refractivity (Wildman–Crippen MR) is 50.9 cm³/mol. The molecule has 0 heterocycles. The van der Waals surface area contributed by atoms with Crippen LogP contribution in [0.3, 0.4) is 0 Å². The number of hydrogen-bond acceptors (Lipinski definition) is 7. The van der Waals surface area contributed by atoms with Crippen molar-refractivity contribution < 1.29 is 33.9 Å². The first-order valence-corrected chi connectivity index (χ1v) is 4.18. The van der Waals surface area contributed by atoms with Gasteiger partial charge in [0.15, 0.2) is 0 Å². The van der Waals surface area contributed by atoms with E-state index in [1.54, 1.807) is 0 Å². The van der Waals surface area contributed by atoms with E-state index in [-0.39, 0.29) is 13.2 Å². The van der Waals surface area contributed by atoms with Crippen LogP contribution in [0.25, 0.3) is 0 Å². The van der Waals surface area contributed by atoms with E-state index < -0.39 is 13.0 Å². The van der Waals surface area contributed by atoms with Crippen molar-refractivity contribution in [3.05, 3.63) is 0 Å². The molecule has 0 aromatic rings. The molecule has 7 nitrogen and oxygen atoms in total. The smallest absolute Gasteiger partial charge is 0.275 e. The molecular weight excluding hydrogens is 208 g/mol. The highest BCUT2D eigenvalue weighted by molar-refractivity contribution is 4.20. The van der Waals surface area contributed by atoms with Gasteiger partial charge in [-0.15, -0.1) is 0 Å². The van der Waals surface area contributed by atoms with Gasteiger partial charge in [0.1, 0.15) is 0 Å². The highest BCUT2D eigenvalue weighted by atomic mass is 16.9. The van der Waals surface area contributed by atoms with Crippen molar-refractivity contribution in [1.82, 2.24) is 0 Å². The van der Waals surface area contributed by atoms with E-state index in [2.05, 4.69) is 0 Å².